The SMILES string of the molecule is COc1ccnc(NCc2ccc3[nH]c(=O)[nH]c3c2)n1. The molecule has 0 spiro atoms. The zero-order valence-electron chi connectivity index (χ0n) is 10.8. The minimum atomic E-state index is -0.207. The van der Waals surface area contributed by atoms with Crippen molar-refractivity contribution in [1.29, 1.82) is 0 Å². The maximum atomic E-state index is 11.2. The Bertz CT molecular complexity index is 793. The number of hydrogen-bond donors (Lipinski definition) is 3. The van der Waals surface area contributed by atoms with Crippen molar-refractivity contribution in [3.8, 4) is 5.88 Å². The monoisotopic (exact) mass is 271 g/mol. The second-order valence-corrected chi connectivity index (χ2v) is 4.24. The number of benzene rings is 1. The van der Waals surface area contributed by atoms with Gasteiger partial charge in [-0.1, -0.05) is 6.07 Å². The van der Waals surface area contributed by atoms with E-state index in [0.29, 0.717) is 18.4 Å². The molecule has 0 amide bonds. The Morgan fingerprint density at radius 2 is 2.10 bits per heavy atom. The number of anilines is 1. The van der Waals surface area contributed by atoms with Gasteiger partial charge in [-0.3, -0.25) is 0 Å². The Labute approximate surface area is 114 Å². The molecule has 3 aromatic rings. The number of H-pyrrole nitrogens is 2. The third kappa shape index (κ3) is 2.46. The number of aromatic nitrogens is 4. The van der Waals surface area contributed by atoms with Crippen LogP contribution in [0.15, 0.2) is 35.3 Å². The first kappa shape index (κ1) is 12.2. The summed E-state index contributed by atoms with van der Waals surface area (Å²) < 4.78 is 5.03. The third-order valence-corrected chi connectivity index (χ3v) is 2.87. The molecule has 2 aromatic heterocycles. The maximum absolute atomic E-state index is 11.2. The molecule has 3 N–H and O–H groups in total. The fourth-order valence-electron chi connectivity index (χ4n) is 1.91. The highest BCUT2D eigenvalue weighted by molar-refractivity contribution is 5.75. The van der Waals surface area contributed by atoms with E-state index in [9.17, 15) is 4.79 Å². The van der Waals surface area contributed by atoms with Crippen LogP contribution in [-0.2, 0) is 6.54 Å². The van der Waals surface area contributed by atoms with Crippen LogP contribution < -0.4 is 15.7 Å². The number of aromatic amines is 2. The lowest BCUT2D eigenvalue weighted by Gasteiger charge is -2.06. The molecule has 0 radical (unpaired) electrons. The van der Waals surface area contributed by atoms with Crippen molar-refractivity contribution < 1.29 is 4.74 Å². The highest BCUT2D eigenvalue weighted by Crippen LogP contribution is 2.12. The molecule has 0 unspecified atom stereocenters. The molecular formula is C13H13N5O2. The predicted octanol–water partition coefficient (Wildman–Crippen LogP) is 1.27. The highest BCUT2D eigenvalue weighted by atomic mass is 16.5. The van der Waals surface area contributed by atoms with E-state index in [1.54, 1.807) is 19.4 Å². The summed E-state index contributed by atoms with van der Waals surface area (Å²) in [5.74, 6) is 1.000. The zero-order valence-corrected chi connectivity index (χ0v) is 10.8. The van der Waals surface area contributed by atoms with Crippen molar-refractivity contribution in [3.05, 3.63) is 46.5 Å². The van der Waals surface area contributed by atoms with Gasteiger partial charge in [0.1, 0.15) is 0 Å². The van der Waals surface area contributed by atoms with Crippen LogP contribution >= 0.6 is 0 Å². The van der Waals surface area contributed by atoms with Gasteiger partial charge in [0.25, 0.3) is 0 Å². The van der Waals surface area contributed by atoms with Crippen LogP contribution in [-0.4, -0.2) is 27.0 Å². The average molecular weight is 271 g/mol. The first-order valence-electron chi connectivity index (χ1n) is 6.06. The van der Waals surface area contributed by atoms with Crippen molar-refractivity contribution in [1.82, 2.24) is 19.9 Å². The van der Waals surface area contributed by atoms with Crippen LogP contribution in [0.2, 0.25) is 0 Å². The molecule has 7 heteroatoms. The van der Waals surface area contributed by atoms with Crippen LogP contribution in [0.5, 0.6) is 5.88 Å². The van der Waals surface area contributed by atoms with Gasteiger partial charge < -0.3 is 20.0 Å². The van der Waals surface area contributed by atoms with E-state index in [2.05, 4.69) is 25.3 Å². The standard InChI is InChI=1S/C13H13N5O2/c1-20-11-4-5-14-12(18-11)15-7-8-2-3-9-10(6-8)17-13(19)16-9/h2-6H,7H2,1H3,(H,14,15,18)(H2,16,17,19). The molecule has 102 valence electrons. The number of ether oxygens (including phenoxy) is 1. The van der Waals surface area contributed by atoms with Gasteiger partial charge in [0.15, 0.2) is 0 Å². The lowest BCUT2D eigenvalue weighted by molar-refractivity contribution is 0.397. The summed E-state index contributed by atoms with van der Waals surface area (Å²) in [6.45, 7) is 0.552. The van der Waals surface area contributed by atoms with Crippen molar-refractivity contribution in [2.45, 2.75) is 6.54 Å². The summed E-state index contributed by atoms with van der Waals surface area (Å²) in [6, 6.07) is 7.37. The normalized spacial score (nSPS) is 10.7. The first-order chi connectivity index (χ1) is 9.74. The minimum absolute atomic E-state index is 0.207. The summed E-state index contributed by atoms with van der Waals surface area (Å²) in [7, 11) is 1.56. The van der Waals surface area contributed by atoms with Crippen molar-refractivity contribution in [2.24, 2.45) is 0 Å². The number of rotatable bonds is 4. The van der Waals surface area contributed by atoms with Gasteiger partial charge in [-0.25, -0.2) is 9.78 Å². The molecule has 0 saturated heterocycles. The van der Waals surface area contributed by atoms with E-state index < -0.39 is 0 Å². The lowest BCUT2D eigenvalue weighted by atomic mass is 10.2. The van der Waals surface area contributed by atoms with Crippen LogP contribution in [0.3, 0.4) is 0 Å². The Balaban J connectivity index is 1.77. The fraction of sp³-hybridized carbons (Fsp3) is 0.154. The van der Waals surface area contributed by atoms with Gasteiger partial charge in [0.05, 0.1) is 18.1 Å². The van der Waals surface area contributed by atoms with E-state index in [1.807, 2.05) is 18.2 Å². The molecule has 0 saturated carbocycles. The maximum Gasteiger partial charge on any atom is 0.323 e. The summed E-state index contributed by atoms with van der Waals surface area (Å²) in [5, 5.41) is 3.10. The summed E-state index contributed by atoms with van der Waals surface area (Å²) >= 11 is 0. The molecule has 2 heterocycles. The number of methoxy groups -OCH3 is 1. The number of fused-ring (bicyclic) bond motifs is 1. The minimum Gasteiger partial charge on any atom is -0.481 e. The van der Waals surface area contributed by atoms with Gasteiger partial charge in [-0.05, 0) is 17.7 Å². The van der Waals surface area contributed by atoms with Crippen LogP contribution in [0.25, 0.3) is 11.0 Å². The largest absolute Gasteiger partial charge is 0.481 e. The summed E-state index contributed by atoms with van der Waals surface area (Å²) in [4.78, 5) is 24.9. The second-order valence-electron chi connectivity index (χ2n) is 4.24. The Hall–Kier alpha value is -2.83. The van der Waals surface area contributed by atoms with E-state index >= 15 is 0 Å². The molecule has 0 aliphatic rings. The second kappa shape index (κ2) is 5.04. The molecule has 0 fully saturated rings. The molecule has 3 rings (SSSR count). The van der Waals surface area contributed by atoms with Crippen LogP contribution in [0.4, 0.5) is 5.95 Å². The van der Waals surface area contributed by atoms with Gasteiger partial charge in [-0.2, -0.15) is 4.98 Å². The van der Waals surface area contributed by atoms with Crippen LogP contribution in [0.1, 0.15) is 5.56 Å². The highest BCUT2D eigenvalue weighted by Gasteiger charge is 2.02. The predicted molar refractivity (Wildman–Crippen MR) is 74.8 cm³/mol. The molecule has 0 atom stereocenters. The summed E-state index contributed by atoms with van der Waals surface area (Å²) in [6.07, 6.45) is 1.63. The van der Waals surface area contributed by atoms with E-state index in [4.69, 9.17) is 4.74 Å². The van der Waals surface area contributed by atoms with Gasteiger partial charge in [-0.15, -0.1) is 0 Å². The summed E-state index contributed by atoms with van der Waals surface area (Å²) in [5.41, 5.74) is 2.37. The van der Waals surface area contributed by atoms with Gasteiger partial charge >= 0.3 is 5.69 Å². The smallest absolute Gasteiger partial charge is 0.323 e. The third-order valence-electron chi connectivity index (χ3n) is 2.87. The number of nitrogens with zero attached hydrogens (tertiary/aromatic N) is 2. The fourth-order valence-corrected chi connectivity index (χ4v) is 1.91. The molecule has 7 nitrogen and oxygen atoms in total. The topological polar surface area (TPSA) is 95.7 Å². The lowest BCUT2D eigenvalue weighted by Crippen LogP contribution is -2.04. The Morgan fingerprint density at radius 1 is 1.25 bits per heavy atom. The Kier molecular flexibility index (Phi) is 3.08. The van der Waals surface area contributed by atoms with Gasteiger partial charge in [0.2, 0.25) is 11.8 Å². The van der Waals surface area contributed by atoms with Crippen molar-refractivity contribution in [3.63, 3.8) is 0 Å². The van der Waals surface area contributed by atoms with Crippen LogP contribution in [0, 0.1) is 0 Å². The first-order valence-corrected chi connectivity index (χ1v) is 6.06. The van der Waals surface area contributed by atoms with E-state index in [1.165, 1.54) is 0 Å². The van der Waals surface area contributed by atoms with Crippen molar-refractivity contribution in [2.75, 3.05) is 12.4 Å². The average Bonchev–Trinajstić information content (AvgIpc) is 2.84. The molecular weight excluding hydrogens is 258 g/mol. The number of imidazole rings is 1. The van der Waals surface area contributed by atoms with E-state index in [0.717, 1.165) is 16.6 Å². The van der Waals surface area contributed by atoms with Crippen molar-refractivity contribution >= 4 is 17.0 Å². The number of hydrogen-bond acceptors (Lipinski definition) is 5. The van der Waals surface area contributed by atoms with E-state index in [-0.39, 0.29) is 5.69 Å². The molecule has 0 bridgehead atoms. The molecule has 1 aromatic carbocycles. The zero-order chi connectivity index (χ0) is 13.9. The molecule has 0 aliphatic heterocycles. The Morgan fingerprint density at radius 3 is 2.95 bits per heavy atom. The molecule has 0 aliphatic carbocycles. The molecule has 20 heavy (non-hydrogen) atoms. The van der Waals surface area contributed by atoms with Gasteiger partial charge in [0, 0.05) is 18.8 Å². The number of nitrogens with one attached hydrogen (secondary N) is 3. The quantitative estimate of drug-likeness (QED) is 0.664.